The van der Waals surface area contributed by atoms with Crippen molar-refractivity contribution in [2.45, 2.75) is 33.7 Å². The van der Waals surface area contributed by atoms with Gasteiger partial charge in [-0.1, -0.05) is 54.9 Å². The third kappa shape index (κ3) is 3.34. The summed E-state index contributed by atoms with van der Waals surface area (Å²) in [4.78, 5) is 11.8. The fourth-order valence-corrected chi connectivity index (χ4v) is 1.95. The van der Waals surface area contributed by atoms with E-state index in [1.165, 1.54) is 0 Å². The van der Waals surface area contributed by atoms with Gasteiger partial charge in [0.2, 0.25) is 5.91 Å². The lowest BCUT2D eigenvalue weighted by Crippen LogP contribution is -2.36. The summed E-state index contributed by atoms with van der Waals surface area (Å²) in [5, 5.41) is 3.01. The van der Waals surface area contributed by atoms with Crippen LogP contribution < -0.4 is 5.32 Å². The van der Waals surface area contributed by atoms with Crippen LogP contribution in [-0.2, 0) is 4.79 Å². The Bertz CT molecular complexity index is 382. The van der Waals surface area contributed by atoms with Crippen molar-refractivity contribution in [3.8, 4) is 0 Å². The number of benzene rings is 1. The largest absolute Gasteiger partial charge is 0.349 e. The van der Waals surface area contributed by atoms with E-state index < -0.39 is 0 Å². The molecular formula is C13H18BrNO. The van der Waals surface area contributed by atoms with Crippen LogP contribution in [0.4, 0.5) is 0 Å². The summed E-state index contributed by atoms with van der Waals surface area (Å²) in [5.41, 5.74) is 0.746. The van der Waals surface area contributed by atoms with Crippen LogP contribution in [0.25, 0.3) is 0 Å². The Kier molecular flexibility index (Phi) is 4.14. The summed E-state index contributed by atoms with van der Waals surface area (Å²) in [6.07, 6.45) is 0. The van der Waals surface area contributed by atoms with Crippen LogP contribution in [0.2, 0.25) is 0 Å². The maximum Gasteiger partial charge on any atom is 0.225 e. The molecule has 0 saturated carbocycles. The van der Waals surface area contributed by atoms with Gasteiger partial charge in [-0.2, -0.15) is 0 Å². The maximum absolute atomic E-state index is 11.8. The minimum absolute atomic E-state index is 0.0160. The predicted octanol–water partition coefficient (Wildman–Crippen LogP) is 3.67. The van der Waals surface area contributed by atoms with Crippen molar-refractivity contribution in [2.24, 2.45) is 5.41 Å². The Morgan fingerprint density at radius 2 is 1.88 bits per heavy atom. The molecule has 16 heavy (non-hydrogen) atoms. The molecule has 0 radical (unpaired) electrons. The van der Waals surface area contributed by atoms with Gasteiger partial charge < -0.3 is 5.32 Å². The van der Waals surface area contributed by atoms with Crippen LogP contribution in [0.15, 0.2) is 28.7 Å². The average Bonchev–Trinajstić information content (AvgIpc) is 2.16. The predicted molar refractivity (Wildman–Crippen MR) is 70.2 cm³/mol. The van der Waals surface area contributed by atoms with Gasteiger partial charge in [0.25, 0.3) is 0 Å². The van der Waals surface area contributed by atoms with E-state index in [1.54, 1.807) is 0 Å². The van der Waals surface area contributed by atoms with Gasteiger partial charge in [-0.05, 0) is 18.6 Å². The van der Waals surface area contributed by atoms with E-state index in [-0.39, 0.29) is 17.4 Å². The Labute approximate surface area is 106 Å². The van der Waals surface area contributed by atoms with Gasteiger partial charge in [0, 0.05) is 9.89 Å². The Morgan fingerprint density at radius 3 is 2.38 bits per heavy atom. The number of carbonyl (C=O) groups excluding carboxylic acids is 1. The first-order valence-corrected chi connectivity index (χ1v) is 6.17. The normalized spacial score (nSPS) is 13.3. The van der Waals surface area contributed by atoms with Crippen molar-refractivity contribution < 1.29 is 4.79 Å². The second kappa shape index (κ2) is 5.00. The zero-order valence-corrected chi connectivity index (χ0v) is 11.8. The Morgan fingerprint density at radius 1 is 1.31 bits per heavy atom. The minimum atomic E-state index is -0.352. The molecule has 0 fully saturated rings. The molecule has 1 amide bonds. The molecule has 88 valence electrons. The van der Waals surface area contributed by atoms with Crippen LogP contribution in [0.1, 0.15) is 39.3 Å². The van der Waals surface area contributed by atoms with Gasteiger partial charge in [0.15, 0.2) is 0 Å². The molecule has 1 aromatic carbocycles. The maximum atomic E-state index is 11.8. The summed E-state index contributed by atoms with van der Waals surface area (Å²) in [6, 6.07) is 7.95. The van der Waals surface area contributed by atoms with Gasteiger partial charge in [-0.3, -0.25) is 4.79 Å². The fraction of sp³-hybridized carbons (Fsp3) is 0.462. The molecule has 0 saturated heterocycles. The number of halogens is 1. The van der Waals surface area contributed by atoms with Gasteiger partial charge in [-0.15, -0.1) is 0 Å². The molecule has 2 nitrogen and oxygen atoms in total. The molecule has 0 heterocycles. The Hall–Kier alpha value is -0.830. The van der Waals surface area contributed by atoms with Gasteiger partial charge in [-0.25, -0.2) is 0 Å². The van der Waals surface area contributed by atoms with E-state index in [0.717, 1.165) is 10.0 Å². The highest BCUT2D eigenvalue weighted by molar-refractivity contribution is 9.10. The summed E-state index contributed by atoms with van der Waals surface area (Å²) >= 11 is 3.49. The van der Waals surface area contributed by atoms with Crippen LogP contribution in [-0.4, -0.2) is 5.91 Å². The molecule has 0 aliphatic carbocycles. The summed E-state index contributed by atoms with van der Waals surface area (Å²) in [5.74, 6) is 0.0655. The van der Waals surface area contributed by atoms with E-state index in [2.05, 4.69) is 21.2 Å². The van der Waals surface area contributed by atoms with Crippen molar-refractivity contribution in [3.05, 3.63) is 34.3 Å². The third-order valence-electron chi connectivity index (χ3n) is 2.40. The number of carbonyl (C=O) groups is 1. The molecule has 1 rings (SSSR count). The topological polar surface area (TPSA) is 29.1 Å². The van der Waals surface area contributed by atoms with Crippen molar-refractivity contribution in [1.29, 1.82) is 0 Å². The highest BCUT2D eigenvalue weighted by Crippen LogP contribution is 2.24. The first-order chi connectivity index (χ1) is 7.32. The van der Waals surface area contributed by atoms with Crippen LogP contribution in [0.5, 0.6) is 0 Å². The summed E-state index contributed by atoms with van der Waals surface area (Å²) < 4.78 is 1.02. The number of hydrogen-bond donors (Lipinski definition) is 1. The van der Waals surface area contributed by atoms with Crippen LogP contribution >= 0.6 is 15.9 Å². The molecule has 0 spiro atoms. The molecule has 1 unspecified atom stereocenters. The molecule has 1 aromatic rings. The quantitative estimate of drug-likeness (QED) is 0.882. The summed E-state index contributed by atoms with van der Waals surface area (Å²) in [6.45, 7) is 7.73. The van der Waals surface area contributed by atoms with Crippen molar-refractivity contribution in [2.75, 3.05) is 0 Å². The van der Waals surface area contributed by atoms with E-state index in [9.17, 15) is 4.79 Å². The molecule has 3 heteroatoms. The van der Waals surface area contributed by atoms with Crippen LogP contribution in [0.3, 0.4) is 0 Å². The Balaban J connectivity index is 2.78. The number of rotatable bonds is 2. The fourth-order valence-electron chi connectivity index (χ4n) is 1.32. The van der Waals surface area contributed by atoms with Gasteiger partial charge in [0.1, 0.15) is 0 Å². The first-order valence-electron chi connectivity index (χ1n) is 5.38. The lowest BCUT2D eigenvalue weighted by molar-refractivity contribution is -0.129. The minimum Gasteiger partial charge on any atom is -0.349 e. The van der Waals surface area contributed by atoms with E-state index in [4.69, 9.17) is 0 Å². The lowest BCUT2D eigenvalue weighted by Gasteiger charge is -2.22. The highest BCUT2D eigenvalue weighted by Gasteiger charge is 2.23. The lowest BCUT2D eigenvalue weighted by atomic mass is 9.95. The number of amides is 1. The summed E-state index contributed by atoms with van der Waals surface area (Å²) in [7, 11) is 0. The molecule has 0 aromatic heterocycles. The zero-order chi connectivity index (χ0) is 12.3. The van der Waals surface area contributed by atoms with Gasteiger partial charge in [0.05, 0.1) is 6.04 Å². The highest BCUT2D eigenvalue weighted by atomic mass is 79.9. The molecule has 0 bridgehead atoms. The van der Waals surface area contributed by atoms with Crippen molar-refractivity contribution in [3.63, 3.8) is 0 Å². The molecular weight excluding hydrogens is 266 g/mol. The first kappa shape index (κ1) is 13.2. The van der Waals surface area contributed by atoms with E-state index in [0.29, 0.717) is 0 Å². The zero-order valence-electron chi connectivity index (χ0n) is 10.2. The second-order valence-electron chi connectivity index (χ2n) is 4.97. The average molecular weight is 284 g/mol. The van der Waals surface area contributed by atoms with Crippen molar-refractivity contribution in [1.82, 2.24) is 5.32 Å². The number of hydrogen-bond acceptors (Lipinski definition) is 1. The van der Waals surface area contributed by atoms with Gasteiger partial charge >= 0.3 is 0 Å². The molecule has 0 aliphatic rings. The SMILES string of the molecule is CC(NC(=O)C(C)(C)C)c1ccccc1Br. The molecule has 1 N–H and O–H groups in total. The van der Waals surface area contributed by atoms with E-state index >= 15 is 0 Å². The number of nitrogens with one attached hydrogen (secondary N) is 1. The third-order valence-corrected chi connectivity index (χ3v) is 3.12. The monoisotopic (exact) mass is 283 g/mol. The second-order valence-corrected chi connectivity index (χ2v) is 5.82. The van der Waals surface area contributed by atoms with Crippen molar-refractivity contribution >= 4 is 21.8 Å². The van der Waals surface area contributed by atoms with Crippen LogP contribution in [0, 0.1) is 5.41 Å². The standard InChI is InChI=1S/C13H18BrNO/c1-9(15-12(16)13(2,3)4)10-7-5-6-8-11(10)14/h5-9H,1-4H3,(H,15,16). The molecule has 1 atom stereocenters. The van der Waals surface area contributed by atoms with E-state index in [1.807, 2.05) is 52.0 Å². The molecule has 0 aliphatic heterocycles. The smallest absolute Gasteiger partial charge is 0.225 e.